The van der Waals surface area contributed by atoms with Crippen molar-refractivity contribution in [3.63, 3.8) is 0 Å². The van der Waals surface area contributed by atoms with Crippen LogP contribution >= 0.6 is 0 Å². The quantitative estimate of drug-likeness (QED) is 0.682. The first-order chi connectivity index (χ1) is 11.1. The highest BCUT2D eigenvalue weighted by Gasteiger charge is 2.18. The summed E-state index contributed by atoms with van der Waals surface area (Å²) in [5.41, 5.74) is 2.47. The number of rotatable bonds is 9. The van der Waals surface area contributed by atoms with Crippen LogP contribution in [0.25, 0.3) is 0 Å². The Bertz CT molecular complexity index is 476. The summed E-state index contributed by atoms with van der Waals surface area (Å²) < 4.78 is 11.5. The van der Waals surface area contributed by atoms with Gasteiger partial charge in [0.15, 0.2) is 0 Å². The SMILES string of the molecule is CCC1CNc2cc(CC(C)NCCCOC(C)C)ccc2O1. The first-order valence-electron chi connectivity index (χ1n) is 8.97. The van der Waals surface area contributed by atoms with Gasteiger partial charge in [0.2, 0.25) is 0 Å². The molecule has 1 heterocycles. The largest absolute Gasteiger partial charge is 0.486 e. The molecule has 0 saturated heterocycles. The average Bonchev–Trinajstić information content (AvgIpc) is 2.53. The first-order valence-corrected chi connectivity index (χ1v) is 8.97. The lowest BCUT2D eigenvalue weighted by Gasteiger charge is -2.27. The number of benzene rings is 1. The molecule has 23 heavy (non-hydrogen) atoms. The van der Waals surface area contributed by atoms with Crippen molar-refractivity contribution in [1.82, 2.24) is 5.32 Å². The highest BCUT2D eigenvalue weighted by atomic mass is 16.5. The number of hydrogen-bond acceptors (Lipinski definition) is 4. The van der Waals surface area contributed by atoms with Crippen molar-refractivity contribution in [2.45, 2.75) is 65.2 Å². The lowest BCUT2D eigenvalue weighted by Crippen LogP contribution is -2.31. The van der Waals surface area contributed by atoms with Gasteiger partial charge in [0, 0.05) is 12.6 Å². The summed E-state index contributed by atoms with van der Waals surface area (Å²) in [6, 6.07) is 6.96. The van der Waals surface area contributed by atoms with Crippen LogP contribution in [0, 0.1) is 0 Å². The van der Waals surface area contributed by atoms with E-state index < -0.39 is 0 Å². The van der Waals surface area contributed by atoms with Gasteiger partial charge in [-0.05, 0) is 64.3 Å². The maximum atomic E-state index is 5.96. The van der Waals surface area contributed by atoms with Crippen molar-refractivity contribution in [2.24, 2.45) is 0 Å². The van der Waals surface area contributed by atoms with Gasteiger partial charge in [-0.1, -0.05) is 13.0 Å². The normalized spacial score (nSPS) is 18.2. The second kappa shape index (κ2) is 9.14. The van der Waals surface area contributed by atoms with Crippen molar-refractivity contribution < 1.29 is 9.47 Å². The molecule has 130 valence electrons. The van der Waals surface area contributed by atoms with E-state index in [2.05, 4.69) is 56.5 Å². The zero-order valence-corrected chi connectivity index (χ0v) is 15.0. The lowest BCUT2D eigenvalue weighted by molar-refractivity contribution is 0.0768. The Balaban J connectivity index is 1.75. The van der Waals surface area contributed by atoms with E-state index in [0.717, 1.165) is 50.4 Å². The maximum Gasteiger partial charge on any atom is 0.142 e. The van der Waals surface area contributed by atoms with Crippen molar-refractivity contribution >= 4 is 5.69 Å². The number of nitrogens with one attached hydrogen (secondary N) is 2. The summed E-state index contributed by atoms with van der Waals surface area (Å²) in [5, 5.41) is 7.06. The third-order valence-electron chi connectivity index (χ3n) is 4.12. The van der Waals surface area contributed by atoms with Gasteiger partial charge in [-0.15, -0.1) is 0 Å². The molecule has 0 saturated carbocycles. The number of ether oxygens (including phenoxy) is 2. The highest BCUT2D eigenvalue weighted by molar-refractivity contribution is 5.59. The molecular formula is C19H32N2O2. The summed E-state index contributed by atoms with van der Waals surface area (Å²) in [6.45, 7) is 11.3. The minimum absolute atomic E-state index is 0.294. The fourth-order valence-electron chi connectivity index (χ4n) is 2.78. The van der Waals surface area contributed by atoms with E-state index in [1.165, 1.54) is 5.56 Å². The smallest absolute Gasteiger partial charge is 0.142 e. The molecule has 4 heteroatoms. The molecule has 1 aromatic carbocycles. The molecule has 2 rings (SSSR count). The number of hydrogen-bond donors (Lipinski definition) is 2. The van der Waals surface area contributed by atoms with Gasteiger partial charge in [0.25, 0.3) is 0 Å². The molecule has 0 fully saturated rings. The highest BCUT2D eigenvalue weighted by Crippen LogP contribution is 2.30. The molecule has 2 N–H and O–H groups in total. The maximum absolute atomic E-state index is 5.96. The lowest BCUT2D eigenvalue weighted by atomic mass is 10.0. The average molecular weight is 320 g/mol. The van der Waals surface area contributed by atoms with Crippen LogP contribution in [0.4, 0.5) is 5.69 Å². The topological polar surface area (TPSA) is 42.5 Å². The predicted octanol–water partition coefficient (Wildman–Crippen LogP) is 3.61. The first kappa shape index (κ1) is 18.1. The Morgan fingerprint density at radius 1 is 1.35 bits per heavy atom. The zero-order valence-electron chi connectivity index (χ0n) is 15.0. The van der Waals surface area contributed by atoms with Crippen LogP contribution in [-0.2, 0) is 11.2 Å². The van der Waals surface area contributed by atoms with Crippen LogP contribution in [0.5, 0.6) is 5.75 Å². The minimum atomic E-state index is 0.294. The van der Waals surface area contributed by atoms with Crippen LogP contribution in [0.15, 0.2) is 18.2 Å². The van der Waals surface area contributed by atoms with E-state index in [0.29, 0.717) is 18.2 Å². The Labute approximate surface area is 140 Å². The molecule has 0 spiro atoms. The fraction of sp³-hybridized carbons (Fsp3) is 0.684. The van der Waals surface area contributed by atoms with Gasteiger partial charge < -0.3 is 20.1 Å². The van der Waals surface area contributed by atoms with Crippen molar-refractivity contribution in [3.8, 4) is 5.75 Å². The molecule has 0 radical (unpaired) electrons. The van der Waals surface area contributed by atoms with Crippen LogP contribution < -0.4 is 15.4 Å². The summed E-state index contributed by atoms with van der Waals surface area (Å²) in [5.74, 6) is 0.985. The molecule has 2 unspecified atom stereocenters. The van der Waals surface area contributed by atoms with E-state index in [9.17, 15) is 0 Å². The molecule has 1 aliphatic heterocycles. The summed E-state index contributed by atoms with van der Waals surface area (Å²) in [4.78, 5) is 0. The van der Waals surface area contributed by atoms with Crippen molar-refractivity contribution in [2.75, 3.05) is 25.0 Å². The molecule has 4 nitrogen and oxygen atoms in total. The Kier molecular flexibility index (Phi) is 7.18. The molecule has 1 aliphatic rings. The zero-order chi connectivity index (χ0) is 16.7. The van der Waals surface area contributed by atoms with E-state index in [1.54, 1.807) is 0 Å². The summed E-state index contributed by atoms with van der Waals surface area (Å²) in [6.07, 6.45) is 3.74. The van der Waals surface area contributed by atoms with Crippen molar-refractivity contribution in [3.05, 3.63) is 23.8 Å². The third-order valence-corrected chi connectivity index (χ3v) is 4.12. The minimum Gasteiger partial charge on any atom is -0.486 e. The van der Waals surface area contributed by atoms with Crippen LogP contribution in [-0.4, -0.2) is 37.9 Å². The molecule has 2 atom stereocenters. The second-order valence-electron chi connectivity index (χ2n) is 6.69. The van der Waals surface area contributed by atoms with E-state index in [1.807, 2.05) is 0 Å². The summed E-state index contributed by atoms with van der Waals surface area (Å²) >= 11 is 0. The van der Waals surface area contributed by atoms with E-state index in [-0.39, 0.29) is 0 Å². The Hall–Kier alpha value is -1.26. The molecule has 1 aromatic rings. The Morgan fingerprint density at radius 3 is 2.91 bits per heavy atom. The number of anilines is 1. The fourth-order valence-corrected chi connectivity index (χ4v) is 2.78. The van der Waals surface area contributed by atoms with E-state index in [4.69, 9.17) is 9.47 Å². The van der Waals surface area contributed by atoms with Gasteiger partial charge >= 0.3 is 0 Å². The van der Waals surface area contributed by atoms with Gasteiger partial charge in [-0.25, -0.2) is 0 Å². The van der Waals surface area contributed by atoms with Gasteiger partial charge in [0.1, 0.15) is 11.9 Å². The molecule has 0 aliphatic carbocycles. The standard InChI is InChI=1S/C19H32N2O2/c1-5-17-13-21-18-12-16(7-8-19(18)23-17)11-15(4)20-9-6-10-22-14(2)3/h7-8,12,14-15,17,20-21H,5-6,9-11,13H2,1-4H3. The Morgan fingerprint density at radius 2 is 2.17 bits per heavy atom. The molecular weight excluding hydrogens is 288 g/mol. The molecule has 0 bridgehead atoms. The monoisotopic (exact) mass is 320 g/mol. The van der Waals surface area contributed by atoms with Crippen LogP contribution in [0.2, 0.25) is 0 Å². The predicted molar refractivity (Wildman–Crippen MR) is 96.5 cm³/mol. The van der Waals surface area contributed by atoms with Gasteiger partial charge in [-0.3, -0.25) is 0 Å². The van der Waals surface area contributed by atoms with Gasteiger partial charge in [-0.2, -0.15) is 0 Å². The molecule has 0 aromatic heterocycles. The van der Waals surface area contributed by atoms with Crippen molar-refractivity contribution in [1.29, 1.82) is 0 Å². The number of fused-ring (bicyclic) bond motifs is 1. The third kappa shape index (κ3) is 6.04. The second-order valence-corrected chi connectivity index (χ2v) is 6.69. The van der Waals surface area contributed by atoms with Crippen LogP contribution in [0.1, 0.15) is 46.1 Å². The molecule has 0 amide bonds. The van der Waals surface area contributed by atoms with E-state index >= 15 is 0 Å². The summed E-state index contributed by atoms with van der Waals surface area (Å²) in [7, 11) is 0. The van der Waals surface area contributed by atoms with Crippen LogP contribution in [0.3, 0.4) is 0 Å². The van der Waals surface area contributed by atoms with Gasteiger partial charge in [0.05, 0.1) is 18.3 Å².